The lowest BCUT2D eigenvalue weighted by molar-refractivity contribution is -0.137. The zero-order valence-electron chi connectivity index (χ0n) is 26.1. The van der Waals surface area contributed by atoms with Crippen LogP contribution in [0.4, 0.5) is 18.9 Å². The van der Waals surface area contributed by atoms with Gasteiger partial charge in [-0.25, -0.2) is 4.98 Å². The van der Waals surface area contributed by atoms with Crippen molar-refractivity contribution in [3.8, 4) is 5.75 Å². The Balaban J connectivity index is 1.25. The second kappa shape index (κ2) is 12.4. The summed E-state index contributed by atoms with van der Waals surface area (Å²) < 4.78 is 54.2. The number of likely N-dealkylation sites (tertiary alicyclic amines) is 1. The molecule has 0 aliphatic carbocycles. The van der Waals surface area contributed by atoms with Crippen molar-refractivity contribution in [3.05, 3.63) is 86.3 Å². The van der Waals surface area contributed by atoms with E-state index in [1.165, 1.54) is 22.8 Å². The Morgan fingerprint density at radius 2 is 2.10 bits per heavy atom. The number of aromatic nitrogens is 5. The summed E-state index contributed by atoms with van der Waals surface area (Å²) in [6.07, 6.45) is -1.71. The maximum atomic E-state index is 14.3. The zero-order chi connectivity index (χ0) is 34.7. The minimum Gasteiger partial charge on any atom is -0.505 e. The van der Waals surface area contributed by atoms with E-state index in [0.29, 0.717) is 36.7 Å². The van der Waals surface area contributed by atoms with E-state index >= 15 is 0 Å². The molecule has 1 fully saturated rings. The molecule has 1 saturated heterocycles. The maximum Gasteiger partial charge on any atom is 0.416 e. The minimum atomic E-state index is -4.59. The molecule has 17 heteroatoms. The van der Waals surface area contributed by atoms with Crippen molar-refractivity contribution >= 4 is 34.5 Å². The molecule has 49 heavy (non-hydrogen) atoms. The first-order chi connectivity index (χ1) is 23.4. The number of fused-ring (bicyclic) bond motifs is 3. The molecule has 3 aliphatic rings. The van der Waals surface area contributed by atoms with Crippen LogP contribution in [0.2, 0.25) is 5.02 Å². The van der Waals surface area contributed by atoms with E-state index in [-0.39, 0.29) is 60.5 Å². The van der Waals surface area contributed by atoms with Gasteiger partial charge in [0.2, 0.25) is 5.78 Å². The lowest BCUT2D eigenvalue weighted by Gasteiger charge is -2.43. The number of halogens is 4. The molecule has 7 rings (SSSR count). The summed E-state index contributed by atoms with van der Waals surface area (Å²) in [5.41, 5.74) is -0.936. The molecule has 258 valence electrons. The molecule has 3 N–H and O–H groups in total. The fourth-order valence-corrected chi connectivity index (χ4v) is 7.05. The third-order valence-electron chi connectivity index (χ3n) is 9.18. The van der Waals surface area contributed by atoms with Crippen LogP contribution in [0.15, 0.2) is 47.4 Å². The predicted octanol–water partition coefficient (Wildman–Crippen LogP) is 3.95. The van der Waals surface area contributed by atoms with Gasteiger partial charge in [-0.3, -0.25) is 9.59 Å². The molecule has 3 aromatic heterocycles. The van der Waals surface area contributed by atoms with Crippen LogP contribution >= 0.6 is 11.6 Å². The van der Waals surface area contributed by atoms with Crippen molar-refractivity contribution in [3.63, 3.8) is 0 Å². The van der Waals surface area contributed by atoms with E-state index in [1.54, 1.807) is 9.47 Å². The summed E-state index contributed by atoms with van der Waals surface area (Å²) in [5.74, 6) is -0.227. The number of rotatable bonds is 6. The fourth-order valence-electron chi connectivity index (χ4n) is 6.82. The minimum absolute atomic E-state index is 0.0186. The summed E-state index contributed by atoms with van der Waals surface area (Å²) in [7, 11) is 0. The molecular formula is C32H31ClF3N7O6. The van der Waals surface area contributed by atoms with Gasteiger partial charge in [-0.15, -0.1) is 5.10 Å². The molecule has 0 radical (unpaired) electrons. The molecule has 4 aromatic rings. The second-order valence-electron chi connectivity index (χ2n) is 12.2. The van der Waals surface area contributed by atoms with Crippen molar-refractivity contribution in [2.45, 2.75) is 63.4 Å². The third-order valence-corrected chi connectivity index (χ3v) is 9.49. The Hall–Kier alpha value is -4.51. The van der Waals surface area contributed by atoms with Gasteiger partial charge in [0.1, 0.15) is 17.6 Å². The number of aliphatic hydroxyl groups is 1. The van der Waals surface area contributed by atoms with E-state index in [2.05, 4.69) is 20.4 Å². The van der Waals surface area contributed by atoms with Gasteiger partial charge >= 0.3 is 6.18 Å². The van der Waals surface area contributed by atoms with Crippen molar-refractivity contribution in [2.75, 3.05) is 25.1 Å². The van der Waals surface area contributed by atoms with Gasteiger partial charge in [0.25, 0.3) is 11.5 Å². The summed E-state index contributed by atoms with van der Waals surface area (Å²) in [6, 6.07) is 5.24. The van der Waals surface area contributed by atoms with Crippen LogP contribution in [-0.2, 0) is 34.4 Å². The fraction of sp³-hybridized carbons (Fsp3) is 0.406. The molecule has 1 unspecified atom stereocenters. The smallest absolute Gasteiger partial charge is 0.416 e. The highest BCUT2D eigenvalue weighted by atomic mass is 35.5. The number of alkyl halides is 3. The van der Waals surface area contributed by atoms with Gasteiger partial charge in [-0.2, -0.15) is 22.7 Å². The number of aliphatic hydroxyl groups excluding tert-OH is 1. The average molecular weight is 702 g/mol. The number of nitrogens with zero attached hydrogens (tertiary/aromatic N) is 6. The number of ether oxygens (including phenoxy) is 2. The van der Waals surface area contributed by atoms with Crippen molar-refractivity contribution in [1.82, 2.24) is 29.0 Å². The number of anilines is 1. The first kappa shape index (κ1) is 33.0. The number of hydrogen-bond acceptors (Lipinski definition) is 10. The summed E-state index contributed by atoms with van der Waals surface area (Å²) in [5, 5.41) is 28.5. The van der Waals surface area contributed by atoms with E-state index < -0.39 is 41.1 Å². The molecule has 3 aliphatic heterocycles. The highest BCUT2D eigenvalue weighted by molar-refractivity contribution is 6.33. The molecule has 0 saturated carbocycles. The number of nitrogens with one attached hydrogen (secondary N) is 1. The first-order valence-electron chi connectivity index (χ1n) is 15.6. The van der Waals surface area contributed by atoms with E-state index in [9.17, 15) is 33.0 Å². The molecule has 6 heterocycles. The summed E-state index contributed by atoms with van der Waals surface area (Å²) in [4.78, 5) is 37.9. The van der Waals surface area contributed by atoms with Crippen LogP contribution in [-0.4, -0.2) is 77.2 Å². The van der Waals surface area contributed by atoms with Crippen LogP contribution in [0.3, 0.4) is 0 Å². The van der Waals surface area contributed by atoms with Gasteiger partial charge in [0, 0.05) is 25.2 Å². The third kappa shape index (κ3) is 5.92. The number of piperidine rings is 1. The first-order valence-corrected chi connectivity index (χ1v) is 15.9. The number of carbonyl (C=O) groups is 1. The van der Waals surface area contributed by atoms with Crippen molar-refractivity contribution < 1.29 is 37.7 Å². The quantitative estimate of drug-likeness (QED) is 0.252. The average Bonchev–Trinajstić information content (AvgIpc) is 3.67. The van der Waals surface area contributed by atoms with Crippen molar-refractivity contribution in [2.24, 2.45) is 0 Å². The van der Waals surface area contributed by atoms with Crippen LogP contribution < -0.4 is 10.9 Å². The number of benzene rings is 1. The van der Waals surface area contributed by atoms with Gasteiger partial charge in [0.15, 0.2) is 11.5 Å². The Kier molecular flexibility index (Phi) is 8.37. The number of aromatic hydroxyl groups is 1. The van der Waals surface area contributed by atoms with Crippen LogP contribution in [0.5, 0.6) is 5.75 Å². The SMILES string of the molecule is C[C@@H]1C[C@]2(CCN1C(=O)c1ncccc1O)OCc1c2c(=O)n2nc(C3=CCOCC3)nc2n1CC(O)Nc1ccc(C(F)(F)F)cc1Cl. The zero-order valence-corrected chi connectivity index (χ0v) is 26.8. The Morgan fingerprint density at radius 1 is 1.29 bits per heavy atom. The maximum absolute atomic E-state index is 14.3. The number of amides is 1. The highest BCUT2D eigenvalue weighted by Crippen LogP contribution is 2.45. The largest absolute Gasteiger partial charge is 0.505 e. The molecule has 0 bridgehead atoms. The highest BCUT2D eigenvalue weighted by Gasteiger charge is 2.50. The normalized spacial score (nSPS) is 21.6. The second-order valence-corrected chi connectivity index (χ2v) is 12.7. The molecule has 1 spiro atoms. The van der Waals surface area contributed by atoms with Gasteiger partial charge in [0.05, 0.1) is 53.9 Å². The standard InChI is InChI=1S/C32H31ClF3N7O6/c1-17-14-31(8-10-41(17)29(47)26-23(44)3-2-9-37-26)25-22(16-49-31)42(15-24(45)38-21-5-4-19(13-20(21)33)32(34,35)36)30-39-27(40-43(30)28(25)46)18-6-11-48-12-7-18/h2-6,9,13,17,24,38,44-45H,7-8,10-12,14-16H2,1H3/t17-,24?,31+/m1/s1. The van der Waals surface area contributed by atoms with Crippen LogP contribution in [0.1, 0.15) is 59.3 Å². The topological polar surface area (TPSA) is 156 Å². The predicted molar refractivity (Wildman–Crippen MR) is 169 cm³/mol. The summed E-state index contributed by atoms with van der Waals surface area (Å²) in [6.45, 7) is 2.61. The number of carbonyl (C=O) groups excluding carboxylic acids is 1. The Labute approximate surface area is 281 Å². The van der Waals surface area contributed by atoms with E-state index in [0.717, 1.165) is 23.8 Å². The van der Waals surface area contributed by atoms with Gasteiger partial charge in [-0.05, 0) is 55.7 Å². The summed E-state index contributed by atoms with van der Waals surface area (Å²) >= 11 is 6.14. The lowest BCUT2D eigenvalue weighted by atomic mass is 9.82. The molecule has 1 amide bonds. The lowest BCUT2D eigenvalue weighted by Crippen LogP contribution is -2.51. The molecule has 13 nitrogen and oxygen atoms in total. The number of pyridine rings is 1. The van der Waals surface area contributed by atoms with E-state index in [4.69, 9.17) is 21.1 Å². The van der Waals surface area contributed by atoms with E-state index in [1.807, 2.05) is 13.0 Å². The van der Waals surface area contributed by atoms with Crippen molar-refractivity contribution in [1.29, 1.82) is 0 Å². The Morgan fingerprint density at radius 3 is 2.80 bits per heavy atom. The monoisotopic (exact) mass is 701 g/mol. The van der Waals surface area contributed by atoms with Gasteiger partial charge < -0.3 is 34.5 Å². The molecular weight excluding hydrogens is 671 g/mol. The molecule has 3 atom stereocenters. The Bertz CT molecular complexity index is 2050. The molecule has 1 aromatic carbocycles. The van der Waals surface area contributed by atoms with Gasteiger partial charge in [-0.1, -0.05) is 17.7 Å². The van der Waals surface area contributed by atoms with Crippen LogP contribution in [0, 0.1) is 0 Å². The van der Waals surface area contributed by atoms with Crippen LogP contribution in [0.25, 0.3) is 11.4 Å². The number of hydrogen-bond donors (Lipinski definition) is 3.